The van der Waals surface area contributed by atoms with Crippen LogP contribution in [0, 0.1) is 6.92 Å². The van der Waals surface area contributed by atoms with Gasteiger partial charge in [0.15, 0.2) is 11.2 Å². The molecular weight excluding hydrogens is 384 g/mol. The molecule has 0 aliphatic carbocycles. The van der Waals surface area contributed by atoms with E-state index >= 15 is 0 Å². The van der Waals surface area contributed by atoms with Crippen molar-refractivity contribution in [2.45, 2.75) is 6.92 Å². The second-order valence-electron chi connectivity index (χ2n) is 5.90. The number of rotatable bonds is 3. The molecule has 0 saturated heterocycles. The Balaban J connectivity index is 1.58. The molecule has 4 aromatic rings. The molecule has 27 heavy (non-hydrogen) atoms. The van der Waals surface area contributed by atoms with Crippen LogP contribution in [0.2, 0.25) is 5.02 Å². The van der Waals surface area contributed by atoms with Gasteiger partial charge in [0.1, 0.15) is 5.58 Å². The summed E-state index contributed by atoms with van der Waals surface area (Å²) in [6, 6.07) is 13.2. The summed E-state index contributed by atoms with van der Waals surface area (Å²) in [6.07, 6.45) is 0. The van der Waals surface area contributed by atoms with Gasteiger partial charge in [-0.25, -0.2) is 4.98 Å². The number of hydrogen-bond acceptors (Lipinski definition) is 5. The molecule has 1 amide bonds. The Bertz CT molecular complexity index is 1210. The first-order valence-electron chi connectivity index (χ1n) is 8.07. The fraction of sp³-hybridized carbons (Fsp3) is 0.0500. The van der Waals surface area contributed by atoms with Crippen molar-refractivity contribution in [3.63, 3.8) is 0 Å². The zero-order valence-electron chi connectivity index (χ0n) is 14.2. The smallest absolute Gasteiger partial charge is 0.291 e. The van der Waals surface area contributed by atoms with Crippen LogP contribution in [-0.2, 0) is 0 Å². The van der Waals surface area contributed by atoms with Gasteiger partial charge in [0.05, 0.1) is 16.1 Å². The molecule has 4 rings (SSSR count). The fourth-order valence-electron chi connectivity index (χ4n) is 2.65. The van der Waals surface area contributed by atoms with E-state index in [0.29, 0.717) is 21.7 Å². The molecule has 2 aromatic heterocycles. The van der Waals surface area contributed by atoms with Crippen LogP contribution in [0.25, 0.3) is 22.2 Å². The molecule has 0 spiro atoms. The van der Waals surface area contributed by atoms with Gasteiger partial charge in [0.2, 0.25) is 0 Å². The van der Waals surface area contributed by atoms with Crippen LogP contribution in [0.1, 0.15) is 15.6 Å². The predicted molar refractivity (Wildman–Crippen MR) is 108 cm³/mol. The van der Waals surface area contributed by atoms with E-state index in [4.69, 9.17) is 16.0 Å². The minimum atomic E-state index is -0.499. The van der Waals surface area contributed by atoms with Gasteiger partial charge in [-0.3, -0.25) is 9.59 Å². The summed E-state index contributed by atoms with van der Waals surface area (Å²) in [5.41, 5.74) is 2.44. The van der Waals surface area contributed by atoms with Crippen molar-refractivity contribution in [3.05, 3.63) is 79.9 Å². The predicted octanol–water partition coefficient (Wildman–Crippen LogP) is 5.13. The summed E-state index contributed by atoms with van der Waals surface area (Å²) in [6.45, 7) is 1.95. The summed E-state index contributed by atoms with van der Waals surface area (Å²) in [5, 5.41) is 6.48. The lowest BCUT2D eigenvalue weighted by atomic mass is 10.1. The van der Waals surface area contributed by atoms with E-state index in [9.17, 15) is 9.59 Å². The first-order chi connectivity index (χ1) is 13.0. The summed E-state index contributed by atoms with van der Waals surface area (Å²) in [7, 11) is 0. The molecular formula is C20H13ClN2O3S. The number of anilines is 1. The normalized spacial score (nSPS) is 10.9. The van der Waals surface area contributed by atoms with Crippen LogP contribution >= 0.6 is 22.9 Å². The van der Waals surface area contributed by atoms with Gasteiger partial charge < -0.3 is 9.73 Å². The molecule has 0 bridgehead atoms. The highest BCUT2D eigenvalue weighted by atomic mass is 35.5. The molecule has 5 nitrogen and oxygen atoms in total. The Kier molecular flexibility index (Phi) is 4.51. The molecule has 2 heterocycles. The second kappa shape index (κ2) is 6.98. The van der Waals surface area contributed by atoms with E-state index in [2.05, 4.69) is 10.3 Å². The lowest BCUT2D eigenvalue weighted by Crippen LogP contribution is -2.14. The van der Waals surface area contributed by atoms with Crippen LogP contribution in [0.4, 0.5) is 5.69 Å². The first kappa shape index (κ1) is 17.5. The highest BCUT2D eigenvalue weighted by Gasteiger charge is 2.13. The van der Waals surface area contributed by atoms with Gasteiger partial charge >= 0.3 is 0 Å². The van der Waals surface area contributed by atoms with E-state index in [-0.39, 0.29) is 11.2 Å². The number of carbonyl (C=O) groups is 1. The topological polar surface area (TPSA) is 72.2 Å². The number of fused-ring (bicyclic) bond motifs is 1. The Hall–Kier alpha value is -2.96. The summed E-state index contributed by atoms with van der Waals surface area (Å²) in [5.74, 6) is -0.560. The van der Waals surface area contributed by atoms with Crippen molar-refractivity contribution in [1.82, 2.24) is 4.98 Å². The molecule has 0 fully saturated rings. The van der Waals surface area contributed by atoms with Gasteiger partial charge in [-0.05, 0) is 37.3 Å². The van der Waals surface area contributed by atoms with E-state index in [1.54, 1.807) is 35.6 Å². The van der Waals surface area contributed by atoms with Crippen LogP contribution in [-0.4, -0.2) is 10.9 Å². The summed E-state index contributed by atoms with van der Waals surface area (Å²) >= 11 is 7.48. The number of hydrogen-bond donors (Lipinski definition) is 1. The molecule has 0 aliphatic rings. The van der Waals surface area contributed by atoms with Gasteiger partial charge in [-0.15, -0.1) is 11.3 Å². The van der Waals surface area contributed by atoms with E-state index in [1.807, 2.05) is 24.4 Å². The van der Waals surface area contributed by atoms with E-state index in [0.717, 1.165) is 16.3 Å². The average molecular weight is 397 g/mol. The Morgan fingerprint density at radius 3 is 2.63 bits per heavy atom. The van der Waals surface area contributed by atoms with Crippen LogP contribution in [0.5, 0.6) is 0 Å². The van der Waals surface area contributed by atoms with Gasteiger partial charge in [0.25, 0.3) is 5.91 Å². The Morgan fingerprint density at radius 1 is 1.15 bits per heavy atom. The third-order valence-corrected chi connectivity index (χ3v) is 4.98. The third-order valence-electron chi connectivity index (χ3n) is 3.97. The van der Waals surface area contributed by atoms with Crippen molar-refractivity contribution >= 4 is 45.5 Å². The third kappa shape index (κ3) is 3.63. The van der Waals surface area contributed by atoms with Gasteiger partial charge in [0, 0.05) is 27.7 Å². The SMILES string of the molecule is Cc1nc(-c2ccc(NC(=O)c3cc(=O)c4cc(Cl)ccc4o3)cc2)cs1. The van der Waals surface area contributed by atoms with Crippen molar-refractivity contribution in [1.29, 1.82) is 0 Å². The number of halogens is 1. The number of thiazole rings is 1. The molecule has 0 atom stereocenters. The quantitative estimate of drug-likeness (QED) is 0.521. The van der Waals surface area contributed by atoms with Gasteiger partial charge in [-0.2, -0.15) is 0 Å². The fourth-order valence-corrected chi connectivity index (χ4v) is 3.45. The standard InChI is InChI=1S/C20H13ClN2O3S/c1-11-22-16(10-27-11)12-2-5-14(6-3-12)23-20(25)19-9-17(24)15-8-13(21)4-7-18(15)26-19/h2-10H,1H3,(H,23,25). The average Bonchev–Trinajstić information content (AvgIpc) is 3.09. The number of nitrogens with zero attached hydrogens (tertiary/aromatic N) is 1. The minimum Gasteiger partial charge on any atom is -0.451 e. The zero-order chi connectivity index (χ0) is 19.0. The first-order valence-corrected chi connectivity index (χ1v) is 9.33. The van der Waals surface area contributed by atoms with Crippen LogP contribution in [0.15, 0.2) is 63.1 Å². The lowest BCUT2D eigenvalue weighted by Gasteiger charge is -2.06. The highest BCUT2D eigenvalue weighted by Crippen LogP contribution is 2.23. The highest BCUT2D eigenvalue weighted by molar-refractivity contribution is 7.09. The number of carbonyl (C=O) groups excluding carboxylic acids is 1. The van der Waals surface area contributed by atoms with Crippen LogP contribution < -0.4 is 10.7 Å². The largest absolute Gasteiger partial charge is 0.451 e. The molecule has 7 heteroatoms. The molecule has 2 aromatic carbocycles. The number of nitrogens with one attached hydrogen (secondary N) is 1. The lowest BCUT2D eigenvalue weighted by molar-refractivity contribution is 0.0997. The monoisotopic (exact) mass is 396 g/mol. The van der Waals surface area contributed by atoms with Crippen molar-refractivity contribution in [2.24, 2.45) is 0 Å². The Morgan fingerprint density at radius 2 is 1.93 bits per heavy atom. The molecule has 0 aliphatic heterocycles. The maximum atomic E-state index is 12.5. The molecule has 1 N–H and O–H groups in total. The van der Waals surface area contributed by atoms with Gasteiger partial charge in [-0.1, -0.05) is 23.7 Å². The molecule has 0 unspecified atom stereocenters. The number of amides is 1. The minimum absolute atomic E-state index is 0.0611. The van der Waals surface area contributed by atoms with E-state index < -0.39 is 5.91 Å². The molecule has 0 radical (unpaired) electrons. The molecule has 134 valence electrons. The molecule has 0 saturated carbocycles. The number of aryl methyl sites for hydroxylation is 1. The van der Waals surface area contributed by atoms with Crippen molar-refractivity contribution in [3.8, 4) is 11.3 Å². The summed E-state index contributed by atoms with van der Waals surface area (Å²) < 4.78 is 5.55. The maximum Gasteiger partial charge on any atom is 0.291 e. The summed E-state index contributed by atoms with van der Waals surface area (Å²) in [4.78, 5) is 29.1. The van der Waals surface area contributed by atoms with Crippen LogP contribution in [0.3, 0.4) is 0 Å². The van der Waals surface area contributed by atoms with E-state index in [1.165, 1.54) is 12.1 Å². The number of benzene rings is 2. The second-order valence-corrected chi connectivity index (χ2v) is 7.40. The maximum absolute atomic E-state index is 12.5. The Labute approximate surface area is 163 Å². The zero-order valence-corrected chi connectivity index (χ0v) is 15.7. The van der Waals surface area contributed by atoms with Crippen molar-refractivity contribution < 1.29 is 9.21 Å². The number of aromatic nitrogens is 1. The van der Waals surface area contributed by atoms with Crippen molar-refractivity contribution in [2.75, 3.05) is 5.32 Å².